The van der Waals surface area contributed by atoms with E-state index in [-0.39, 0.29) is 12.5 Å². The fraction of sp³-hybridized carbons (Fsp3) is 0.467. The SMILES string of the molecule is CNC(=O)NC(=O)CN1C[C@@H](C)CN(C)c2ccccc21. The second-order valence-electron chi connectivity index (χ2n) is 5.48. The van der Waals surface area contributed by atoms with E-state index in [9.17, 15) is 9.59 Å². The minimum absolute atomic E-state index is 0.169. The van der Waals surface area contributed by atoms with Crippen LogP contribution in [0.15, 0.2) is 24.3 Å². The predicted octanol–water partition coefficient (Wildman–Crippen LogP) is 1.03. The molecule has 0 spiro atoms. The lowest BCUT2D eigenvalue weighted by molar-refractivity contribution is -0.118. The molecule has 0 aromatic heterocycles. The number of anilines is 2. The monoisotopic (exact) mass is 290 g/mol. The molecular weight excluding hydrogens is 268 g/mol. The smallest absolute Gasteiger partial charge is 0.321 e. The van der Waals surface area contributed by atoms with Crippen LogP contribution in [0.2, 0.25) is 0 Å². The Hall–Kier alpha value is -2.24. The van der Waals surface area contributed by atoms with Crippen molar-refractivity contribution < 1.29 is 9.59 Å². The number of carbonyl (C=O) groups excluding carboxylic acids is 2. The number of hydrogen-bond donors (Lipinski definition) is 2. The Morgan fingerprint density at radius 2 is 1.90 bits per heavy atom. The van der Waals surface area contributed by atoms with Gasteiger partial charge in [-0.3, -0.25) is 10.1 Å². The van der Waals surface area contributed by atoms with Crippen LogP contribution in [0.3, 0.4) is 0 Å². The van der Waals surface area contributed by atoms with E-state index >= 15 is 0 Å². The van der Waals surface area contributed by atoms with Crippen molar-refractivity contribution in [2.45, 2.75) is 6.92 Å². The topological polar surface area (TPSA) is 64.7 Å². The molecule has 1 aliphatic rings. The Labute approximate surface area is 125 Å². The molecule has 21 heavy (non-hydrogen) atoms. The van der Waals surface area contributed by atoms with Crippen molar-refractivity contribution in [3.05, 3.63) is 24.3 Å². The Bertz CT molecular complexity index is 532. The Morgan fingerprint density at radius 1 is 1.24 bits per heavy atom. The van der Waals surface area contributed by atoms with Crippen molar-refractivity contribution in [2.75, 3.05) is 43.5 Å². The van der Waals surface area contributed by atoms with Crippen LogP contribution in [-0.4, -0.2) is 45.7 Å². The number of nitrogens with zero attached hydrogens (tertiary/aromatic N) is 2. The summed E-state index contributed by atoms with van der Waals surface area (Å²) < 4.78 is 0. The number of fused-ring (bicyclic) bond motifs is 1. The molecule has 2 N–H and O–H groups in total. The molecule has 2 rings (SSSR count). The van der Waals surface area contributed by atoms with Gasteiger partial charge in [0.05, 0.1) is 17.9 Å². The van der Waals surface area contributed by atoms with Crippen molar-refractivity contribution >= 4 is 23.3 Å². The Morgan fingerprint density at radius 3 is 2.57 bits per heavy atom. The first-order valence-corrected chi connectivity index (χ1v) is 7.08. The van der Waals surface area contributed by atoms with Gasteiger partial charge in [-0.2, -0.15) is 0 Å². The number of urea groups is 1. The van der Waals surface area contributed by atoms with Crippen LogP contribution >= 0.6 is 0 Å². The number of hydrogen-bond acceptors (Lipinski definition) is 4. The molecule has 0 unspecified atom stereocenters. The maximum absolute atomic E-state index is 12.0. The minimum Gasteiger partial charge on any atom is -0.373 e. The summed E-state index contributed by atoms with van der Waals surface area (Å²) in [6.45, 7) is 4.04. The zero-order valence-electron chi connectivity index (χ0n) is 12.7. The average Bonchev–Trinajstić information content (AvgIpc) is 2.56. The predicted molar refractivity (Wildman–Crippen MR) is 83.7 cm³/mol. The number of imide groups is 1. The third kappa shape index (κ3) is 3.65. The Kier molecular flexibility index (Phi) is 4.67. The van der Waals surface area contributed by atoms with E-state index in [0.29, 0.717) is 5.92 Å². The van der Waals surface area contributed by atoms with E-state index in [1.165, 1.54) is 7.05 Å². The third-order valence-corrected chi connectivity index (χ3v) is 3.57. The maximum atomic E-state index is 12.0. The summed E-state index contributed by atoms with van der Waals surface area (Å²) in [5, 5.41) is 4.69. The first-order chi connectivity index (χ1) is 10.0. The molecule has 1 heterocycles. The van der Waals surface area contributed by atoms with Gasteiger partial charge < -0.3 is 15.1 Å². The summed E-state index contributed by atoms with van der Waals surface area (Å²) in [4.78, 5) is 27.4. The van der Waals surface area contributed by atoms with Gasteiger partial charge >= 0.3 is 6.03 Å². The van der Waals surface area contributed by atoms with Gasteiger partial charge in [0.1, 0.15) is 0 Å². The van der Waals surface area contributed by atoms with Crippen molar-refractivity contribution in [2.24, 2.45) is 5.92 Å². The van der Waals surface area contributed by atoms with Crippen LogP contribution in [0, 0.1) is 5.92 Å². The molecule has 1 aromatic carbocycles. The highest BCUT2D eigenvalue weighted by molar-refractivity contribution is 5.96. The molecule has 0 saturated heterocycles. The van der Waals surface area contributed by atoms with E-state index in [2.05, 4.69) is 35.6 Å². The standard InChI is InChI=1S/C15H22N4O2/c1-11-8-18(3)12-6-4-5-7-13(12)19(9-11)10-14(20)17-15(21)16-2/h4-7,11H,8-10H2,1-3H3,(H2,16,17,20,21)/t11-/m0/s1. The van der Waals surface area contributed by atoms with Crippen LogP contribution < -0.4 is 20.4 Å². The zero-order valence-corrected chi connectivity index (χ0v) is 12.7. The van der Waals surface area contributed by atoms with Crippen molar-refractivity contribution in [3.63, 3.8) is 0 Å². The van der Waals surface area contributed by atoms with E-state index < -0.39 is 6.03 Å². The minimum atomic E-state index is -0.478. The van der Waals surface area contributed by atoms with Gasteiger partial charge in [-0.25, -0.2) is 4.79 Å². The fourth-order valence-electron chi connectivity index (χ4n) is 2.70. The fourth-order valence-corrected chi connectivity index (χ4v) is 2.70. The quantitative estimate of drug-likeness (QED) is 0.854. The van der Waals surface area contributed by atoms with Crippen LogP contribution in [0.5, 0.6) is 0 Å². The van der Waals surface area contributed by atoms with Crippen molar-refractivity contribution in [3.8, 4) is 0 Å². The summed E-state index contributed by atoms with van der Waals surface area (Å²) in [6.07, 6.45) is 0. The van der Waals surface area contributed by atoms with Crippen LogP contribution in [0.25, 0.3) is 0 Å². The van der Waals surface area contributed by atoms with Gasteiger partial charge in [0.15, 0.2) is 0 Å². The number of amides is 3. The highest BCUT2D eigenvalue weighted by Crippen LogP contribution is 2.32. The van der Waals surface area contributed by atoms with Gasteiger partial charge in [-0.1, -0.05) is 19.1 Å². The third-order valence-electron chi connectivity index (χ3n) is 3.57. The average molecular weight is 290 g/mol. The van der Waals surface area contributed by atoms with Gasteiger partial charge in [0.2, 0.25) is 5.91 Å². The Balaban J connectivity index is 2.19. The molecule has 114 valence electrons. The number of rotatable bonds is 2. The summed E-state index contributed by atoms with van der Waals surface area (Å²) in [6, 6.07) is 7.54. The second-order valence-corrected chi connectivity index (χ2v) is 5.48. The molecular formula is C15H22N4O2. The zero-order chi connectivity index (χ0) is 15.4. The summed E-state index contributed by atoms with van der Waals surface area (Å²) in [5.74, 6) is 0.121. The molecule has 0 radical (unpaired) electrons. The van der Waals surface area contributed by atoms with Gasteiger partial charge in [0.25, 0.3) is 0 Å². The highest BCUT2D eigenvalue weighted by Gasteiger charge is 2.23. The maximum Gasteiger partial charge on any atom is 0.321 e. The molecule has 0 saturated carbocycles. The van der Waals surface area contributed by atoms with Gasteiger partial charge in [-0.05, 0) is 18.1 Å². The van der Waals surface area contributed by atoms with Crippen molar-refractivity contribution in [1.82, 2.24) is 10.6 Å². The van der Waals surface area contributed by atoms with Gasteiger partial charge in [-0.15, -0.1) is 0 Å². The van der Waals surface area contributed by atoms with E-state index in [0.717, 1.165) is 24.5 Å². The normalized spacial score (nSPS) is 17.8. The molecule has 6 heteroatoms. The first-order valence-electron chi connectivity index (χ1n) is 7.08. The lowest BCUT2D eigenvalue weighted by Crippen LogP contribution is -2.44. The first kappa shape index (κ1) is 15.2. The van der Waals surface area contributed by atoms with Crippen molar-refractivity contribution in [1.29, 1.82) is 0 Å². The molecule has 1 aliphatic heterocycles. The molecule has 0 aliphatic carbocycles. The van der Waals surface area contributed by atoms with E-state index in [1.807, 2.05) is 23.1 Å². The van der Waals surface area contributed by atoms with Crippen LogP contribution in [0.4, 0.5) is 16.2 Å². The highest BCUT2D eigenvalue weighted by atomic mass is 16.2. The second kappa shape index (κ2) is 6.47. The van der Waals surface area contributed by atoms with E-state index in [4.69, 9.17) is 0 Å². The molecule has 0 bridgehead atoms. The van der Waals surface area contributed by atoms with E-state index in [1.54, 1.807) is 0 Å². The number of nitrogens with one attached hydrogen (secondary N) is 2. The van der Waals surface area contributed by atoms with Crippen LogP contribution in [0.1, 0.15) is 6.92 Å². The number of carbonyl (C=O) groups is 2. The number of para-hydroxylation sites is 2. The number of benzene rings is 1. The molecule has 6 nitrogen and oxygen atoms in total. The lowest BCUT2D eigenvalue weighted by Gasteiger charge is -2.25. The summed E-state index contributed by atoms with van der Waals surface area (Å²) in [5.41, 5.74) is 2.13. The summed E-state index contributed by atoms with van der Waals surface area (Å²) in [7, 11) is 3.55. The molecule has 1 atom stereocenters. The van der Waals surface area contributed by atoms with Gasteiger partial charge in [0, 0.05) is 27.2 Å². The lowest BCUT2D eigenvalue weighted by atomic mass is 10.1. The largest absolute Gasteiger partial charge is 0.373 e. The molecule has 1 aromatic rings. The van der Waals surface area contributed by atoms with Crippen LogP contribution in [-0.2, 0) is 4.79 Å². The molecule has 3 amide bonds. The molecule has 0 fully saturated rings. The summed E-state index contributed by atoms with van der Waals surface area (Å²) >= 11 is 0.